The average Bonchev–Trinajstić information content (AvgIpc) is 3.44. The van der Waals surface area contributed by atoms with Crippen molar-refractivity contribution in [2.75, 3.05) is 37.6 Å². The average molecular weight is 392 g/mol. The standard InChI is InChI=1S/C23H29N5O/c1-16(2)29-19-5-6-21-20(14-19)23(26-25-21)18-7-8-24-22(13-18)28-11-9-27(10-12-28)15-17-3-4-17/h5-8,13-14,16-17H,3-4,9-12,15H2,1-2H3,(H,25,26). The van der Waals surface area contributed by atoms with Crippen LogP contribution in [0.15, 0.2) is 36.5 Å². The molecule has 2 aliphatic rings. The lowest BCUT2D eigenvalue weighted by atomic mass is 10.1. The number of aromatic nitrogens is 3. The van der Waals surface area contributed by atoms with Gasteiger partial charge in [0.25, 0.3) is 0 Å². The van der Waals surface area contributed by atoms with Gasteiger partial charge in [-0.05, 0) is 62.9 Å². The second-order valence-electron chi connectivity index (χ2n) is 8.58. The maximum atomic E-state index is 5.88. The van der Waals surface area contributed by atoms with Crippen molar-refractivity contribution in [1.29, 1.82) is 0 Å². The molecule has 3 aromatic rings. The topological polar surface area (TPSA) is 57.3 Å². The van der Waals surface area contributed by atoms with Crippen LogP contribution in [0.3, 0.4) is 0 Å². The first-order chi connectivity index (χ1) is 14.2. The Morgan fingerprint density at radius 2 is 1.93 bits per heavy atom. The molecule has 1 N–H and O–H groups in total. The normalized spacial score (nSPS) is 18.0. The third kappa shape index (κ3) is 4.08. The van der Waals surface area contributed by atoms with Gasteiger partial charge in [0.15, 0.2) is 0 Å². The Bertz CT molecular complexity index is 986. The number of hydrogen-bond donors (Lipinski definition) is 1. The molecule has 29 heavy (non-hydrogen) atoms. The van der Waals surface area contributed by atoms with Gasteiger partial charge in [-0.25, -0.2) is 4.98 Å². The summed E-state index contributed by atoms with van der Waals surface area (Å²) >= 11 is 0. The van der Waals surface area contributed by atoms with Gasteiger partial charge in [0.05, 0.1) is 11.6 Å². The smallest absolute Gasteiger partial charge is 0.129 e. The van der Waals surface area contributed by atoms with Gasteiger partial charge in [-0.1, -0.05) is 0 Å². The summed E-state index contributed by atoms with van der Waals surface area (Å²) in [5, 5.41) is 8.82. The minimum atomic E-state index is 0.147. The molecule has 0 spiro atoms. The summed E-state index contributed by atoms with van der Waals surface area (Å²) in [6, 6.07) is 10.3. The van der Waals surface area contributed by atoms with Crippen LogP contribution in [0.2, 0.25) is 0 Å². The zero-order chi connectivity index (χ0) is 19.8. The van der Waals surface area contributed by atoms with Crippen molar-refractivity contribution >= 4 is 16.7 Å². The molecule has 6 heteroatoms. The Morgan fingerprint density at radius 3 is 2.69 bits per heavy atom. The molecule has 1 saturated heterocycles. The lowest BCUT2D eigenvalue weighted by Crippen LogP contribution is -2.47. The molecule has 2 fully saturated rings. The first kappa shape index (κ1) is 18.4. The molecule has 1 aromatic carbocycles. The van der Waals surface area contributed by atoms with E-state index in [0.29, 0.717) is 0 Å². The molecule has 5 rings (SSSR count). The van der Waals surface area contributed by atoms with Crippen molar-refractivity contribution in [3.8, 4) is 17.0 Å². The molecule has 152 valence electrons. The van der Waals surface area contributed by atoms with Crippen LogP contribution < -0.4 is 9.64 Å². The van der Waals surface area contributed by atoms with Gasteiger partial charge in [-0.15, -0.1) is 0 Å². The maximum Gasteiger partial charge on any atom is 0.129 e. The predicted octanol–water partition coefficient (Wildman–Crippen LogP) is 3.94. The van der Waals surface area contributed by atoms with Crippen LogP contribution in [0.4, 0.5) is 5.82 Å². The van der Waals surface area contributed by atoms with Crippen LogP contribution in [0.25, 0.3) is 22.2 Å². The number of nitrogens with zero attached hydrogens (tertiary/aromatic N) is 4. The van der Waals surface area contributed by atoms with Crippen molar-refractivity contribution in [2.24, 2.45) is 5.92 Å². The molecule has 0 radical (unpaired) electrons. The number of H-pyrrole nitrogens is 1. The van der Waals surface area contributed by atoms with E-state index in [1.54, 1.807) is 0 Å². The number of hydrogen-bond acceptors (Lipinski definition) is 5. The number of rotatable bonds is 6. The summed E-state index contributed by atoms with van der Waals surface area (Å²) in [7, 11) is 0. The molecular formula is C23H29N5O. The van der Waals surface area contributed by atoms with E-state index in [-0.39, 0.29) is 6.10 Å². The third-order valence-corrected chi connectivity index (χ3v) is 5.83. The fraction of sp³-hybridized carbons (Fsp3) is 0.478. The van der Waals surface area contributed by atoms with Crippen LogP contribution in [0, 0.1) is 5.92 Å². The second kappa shape index (κ2) is 7.67. The quantitative estimate of drug-likeness (QED) is 0.690. The SMILES string of the molecule is CC(C)Oc1ccc2[nH]nc(-c3ccnc(N4CCN(CC5CC5)CC4)c3)c2c1. The third-order valence-electron chi connectivity index (χ3n) is 5.83. The van der Waals surface area contributed by atoms with Crippen LogP contribution >= 0.6 is 0 Å². The molecule has 3 heterocycles. The highest BCUT2D eigenvalue weighted by molar-refractivity contribution is 5.94. The highest BCUT2D eigenvalue weighted by Gasteiger charge is 2.26. The molecule has 0 bridgehead atoms. The fourth-order valence-corrected chi connectivity index (χ4v) is 4.12. The summed E-state index contributed by atoms with van der Waals surface area (Å²) in [6.45, 7) is 9.70. The summed E-state index contributed by atoms with van der Waals surface area (Å²) in [5.74, 6) is 2.87. The number of pyridine rings is 1. The van der Waals surface area contributed by atoms with Gasteiger partial charge in [0.1, 0.15) is 17.3 Å². The number of ether oxygens (including phenoxy) is 1. The van der Waals surface area contributed by atoms with Gasteiger partial charge < -0.3 is 9.64 Å². The lowest BCUT2D eigenvalue weighted by molar-refractivity contribution is 0.243. The van der Waals surface area contributed by atoms with Crippen molar-refractivity contribution in [1.82, 2.24) is 20.1 Å². The molecular weight excluding hydrogens is 362 g/mol. The van der Waals surface area contributed by atoms with E-state index in [1.807, 2.05) is 38.2 Å². The molecule has 1 aliphatic heterocycles. The van der Waals surface area contributed by atoms with Crippen molar-refractivity contribution < 1.29 is 4.74 Å². The summed E-state index contributed by atoms with van der Waals surface area (Å²) in [5.41, 5.74) is 3.05. The van der Waals surface area contributed by atoms with E-state index in [9.17, 15) is 0 Å². The molecule has 0 atom stereocenters. The highest BCUT2D eigenvalue weighted by Crippen LogP contribution is 2.32. The Kier molecular flexibility index (Phi) is 4.87. The maximum absolute atomic E-state index is 5.88. The molecule has 6 nitrogen and oxygen atoms in total. The number of anilines is 1. The van der Waals surface area contributed by atoms with Gasteiger partial charge in [0.2, 0.25) is 0 Å². The van der Waals surface area contributed by atoms with Gasteiger partial charge in [-0.3, -0.25) is 10.00 Å². The largest absolute Gasteiger partial charge is 0.491 e. The molecule has 1 saturated carbocycles. The lowest BCUT2D eigenvalue weighted by Gasteiger charge is -2.35. The highest BCUT2D eigenvalue weighted by atomic mass is 16.5. The zero-order valence-electron chi connectivity index (χ0n) is 17.3. The number of aromatic amines is 1. The van der Waals surface area contributed by atoms with E-state index in [4.69, 9.17) is 4.74 Å². The van der Waals surface area contributed by atoms with E-state index in [2.05, 4.69) is 37.1 Å². The molecule has 0 amide bonds. The van der Waals surface area contributed by atoms with E-state index in [0.717, 1.165) is 65.8 Å². The van der Waals surface area contributed by atoms with Crippen LogP contribution in [-0.2, 0) is 0 Å². The van der Waals surface area contributed by atoms with Gasteiger partial charge in [-0.2, -0.15) is 5.10 Å². The summed E-state index contributed by atoms with van der Waals surface area (Å²) < 4.78 is 5.88. The number of piperazine rings is 1. The van der Waals surface area contributed by atoms with Crippen LogP contribution in [0.1, 0.15) is 26.7 Å². The first-order valence-electron chi connectivity index (χ1n) is 10.7. The van der Waals surface area contributed by atoms with Crippen LogP contribution in [0.5, 0.6) is 5.75 Å². The van der Waals surface area contributed by atoms with Gasteiger partial charge in [0, 0.05) is 49.9 Å². The van der Waals surface area contributed by atoms with E-state index >= 15 is 0 Å². The minimum absolute atomic E-state index is 0.147. The Balaban J connectivity index is 1.37. The van der Waals surface area contributed by atoms with Gasteiger partial charge >= 0.3 is 0 Å². The number of benzene rings is 1. The van der Waals surface area contributed by atoms with Crippen molar-refractivity contribution in [3.05, 3.63) is 36.5 Å². The molecule has 2 aromatic heterocycles. The minimum Gasteiger partial charge on any atom is -0.491 e. The van der Waals surface area contributed by atoms with E-state index < -0.39 is 0 Å². The Labute approximate surface area is 171 Å². The second-order valence-corrected chi connectivity index (χ2v) is 8.58. The number of nitrogens with one attached hydrogen (secondary N) is 1. The van der Waals surface area contributed by atoms with Crippen molar-refractivity contribution in [2.45, 2.75) is 32.8 Å². The Hall–Kier alpha value is -2.60. The fourth-order valence-electron chi connectivity index (χ4n) is 4.12. The molecule has 0 unspecified atom stereocenters. The summed E-state index contributed by atoms with van der Waals surface area (Å²) in [6.07, 6.45) is 4.89. The predicted molar refractivity (Wildman–Crippen MR) is 116 cm³/mol. The molecule has 1 aliphatic carbocycles. The zero-order valence-corrected chi connectivity index (χ0v) is 17.3. The first-order valence-corrected chi connectivity index (χ1v) is 10.7. The van der Waals surface area contributed by atoms with Crippen LogP contribution in [-0.4, -0.2) is 58.9 Å². The van der Waals surface area contributed by atoms with E-state index in [1.165, 1.54) is 19.4 Å². The number of fused-ring (bicyclic) bond motifs is 1. The van der Waals surface area contributed by atoms with Crippen molar-refractivity contribution in [3.63, 3.8) is 0 Å². The summed E-state index contributed by atoms with van der Waals surface area (Å²) in [4.78, 5) is 9.66. The monoisotopic (exact) mass is 391 g/mol. The Morgan fingerprint density at radius 1 is 1.10 bits per heavy atom.